The van der Waals surface area contributed by atoms with Gasteiger partial charge in [0.1, 0.15) is 11.6 Å². The molecule has 0 saturated heterocycles. The van der Waals surface area contributed by atoms with E-state index in [0.717, 1.165) is 12.1 Å². The van der Waals surface area contributed by atoms with E-state index in [0.29, 0.717) is 28.2 Å². The zero-order chi connectivity index (χ0) is 29.0. The number of nitrogens with one attached hydrogen (secondary N) is 1. The van der Waals surface area contributed by atoms with E-state index < -0.39 is 35.0 Å². The van der Waals surface area contributed by atoms with Crippen LogP contribution in [-0.2, 0) is 9.53 Å². The van der Waals surface area contributed by atoms with E-state index >= 15 is 4.39 Å². The second-order valence-corrected chi connectivity index (χ2v) is 9.93. The zero-order valence-electron chi connectivity index (χ0n) is 22.6. The summed E-state index contributed by atoms with van der Waals surface area (Å²) in [5.74, 6) is -1.70. The van der Waals surface area contributed by atoms with Crippen molar-refractivity contribution < 1.29 is 37.3 Å². The van der Waals surface area contributed by atoms with Crippen LogP contribution in [-0.4, -0.2) is 37.2 Å². The van der Waals surface area contributed by atoms with E-state index in [1.807, 2.05) is 0 Å². The van der Waals surface area contributed by atoms with Gasteiger partial charge in [0.25, 0.3) is 5.91 Å². The number of hydrogen-bond donors (Lipinski definition) is 1. The van der Waals surface area contributed by atoms with Gasteiger partial charge in [0.15, 0.2) is 29.2 Å². The number of fused-ring (bicyclic) bond motifs is 1. The number of carbonyl (C=O) groups is 2. The van der Waals surface area contributed by atoms with Crippen molar-refractivity contribution in [3.05, 3.63) is 84.1 Å². The third-order valence-corrected chi connectivity index (χ3v) is 5.94. The van der Waals surface area contributed by atoms with Crippen molar-refractivity contribution in [1.29, 1.82) is 0 Å². The fourth-order valence-electron chi connectivity index (χ4n) is 3.94. The van der Waals surface area contributed by atoms with E-state index in [1.54, 1.807) is 39.0 Å². The molecule has 0 aliphatic carbocycles. The number of halogens is 2. The second kappa shape index (κ2) is 11.6. The monoisotopic (exact) mass is 550 g/mol. The lowest BCUT2D eigenvalue weighted by molar-refractivity contribution is -0.130. The first-order valence-electron chi connectivity index (χ1n) is 12.3. The van der Waals surface area contributed by atoms with Gasteiger partial charge in [-0.1, -0.05) is 26.8 Å². The van der Waals surface area contributed by atoms with Gasteiger partial charge in [0, 0.05) is 34.8 Å². The number of esters is 1. The predicted octanol–water partition coefficient (Wildman–Crippen LogP) is 6.53. The quantitative estimate of drug-likeness (QED) is 0.249. The van der Waals surface area contributed by atoms with Crippen molar-refractivity contribution in [2.75, 3.05) is 19.5 Å². The highest BCUT2D eigenvalue weighted by Gasteiger charge is 2.35. The van der Waals surface area contributed by atoms with Crippen LogP contribution in [0.2, 0.25) is 0 Å². The summed E-state index contributed by atoms with van der Waals surface area (Å²) in [7, 11) is 3.01. The lowest BCUT2D eigenvalue weighted by Gasteiger charge is -2.29. The highest BCUT2D eigenvalue weighted by atomic mass is 19.1. The fourth-order valence-corrected chi connectivity index (χ4v) is 3.94. The lowest BCUT2D eigenvalue weighted by Crippen LogP contribution is -2.42. The highest BCUT2D eigenvalue weighted by molar-refractivity contribution is 5.98. The maximum Gasteiger partial charge on any atom is 0.339 e. The number of benzene rings is 3. The standard InChI is InChI=1S/C30H28F2N2O6/c1-30(2,3)27(40-29(36)17-7-6-8-18(31)13-17)28(35)34-19-9-10-24(21(32)14-19)39-23-11-12-33-22-16-26(38-5)25(37-4)15-20(22)23/h6-16,27H,1-5H3,(H,34,35). The molecule has 1 unspecified atom stereocenters. The summed E-state index contributed by atoms with van der Waals surface area (Å²) in [6.45, 7) is 5.12. The van der Waals surface area contributed by atoms with Crippen molar-refractivity contribution in [3.63, 3.8) is 0 Å². The van der Waals surface area contributed by atoms with Gasteiger partial charge in [-0.3, -0.25) is 9.78 Å². The first-order valence-corrected chi connectivity index (χ1v) is 12.3. The molecule has 0 fully saturated rings. The Morgan fingerprint density at radius 2 is 1.60 bits per heavy atom. The average Bonchev–Trinajstić information content (AvgIpc) is 2.91. The van der Waals surface area contributed by atoms with Gasteiger partial charge < -0.3 is 24.3 Å². The van der Waals surface area contributed by atoms with Crippen molar-refractivity contribution in [2.24, 2.45) is 5.41 Å². The van der Waals surface area contributed by atoms with Crippen LogP contribution in [0.15, 0.2) is 66.9 Å². The van der Waals surface area contributed by atoms with E-state index in [1.165, 1.54) is 50.7 Å². The molecule has 4 aromatic rings. The molecule has 0 radical (unpaired) electrons. The minimum atomic E-state index is -1.25. The molecular weight excluding hydrogens is 522 g/mol. The summed E-state index contributed by atoms with van der Waals surface area (Å²) < 4.78 is 50.6. The third kappa shape index (κ3) is 6.28. The number of anilines is 1. The number of amides is 1. The van der Waals surface area contributed by atoms with Crippen LogP contribution in [0.5, 0.6) is 23.0 Å². The van der Waals surface area contributed by atoms with Crippen LogP contribution in [0.25, 0.3) is 10.9 Å². The van der Waals surface area contributed by atoms with Crippen LogP contribution >= 0.6 is 0 Å². The van der Waals surface area contributed by atoms with E-state index in [2.05, 4.69) is 10.3 Å². The largest absolute Gasteiger partial charge is 0.493 e. The molecule has 40 heavy (non-hydrogen) atoms. The SMILES string of the molecule is COc1cc2nccc(Oc3ccc(NC(=O)C(OC(=O)c4cccc(F)c4)C(C)(C)C)cc3F)c2cc1OC. The van der Waals surface area contributed by atoms with Gasteiger partial charge in [-0.2, -0.15) is 0 Å². The van der Waals surface area contributed by atoms with Crippen LogP contribution in [0.1, 0.15) is 31.1 Å². The molecule has 0 aliphatic rings. The average molecular weight is 551 g/mol. The summed E-state index contributed by atoms with van der Waals surface area (Å²) >= 11 is 0. The maximum absolute atomic E-state index is 15.1. The Morgan fingerprint density at radius 1 is 0.875 bits per heavy atom. The molecule has 0 aliphatic heterocycles. The van der Waals surface area contributed by atoms with Crippen molar-refractivity contribution in [2.45, 2.75) is 26.9 Å². The van der Waals surface area contributed by atoms with Gasteiger partial charge in [-0.05, 0) is 42.5 Å². The summed E-state index contributed by atoms with van der Waals surface area (Å²) in [6.07, 6.45) is 0.269. The Balaban J connectivity index is 1.53. The minimum absolute atomic E-state index is 0.0331. The molecule has 1 N–H and O–H groups in total. The first kappa shape index (κ1) is 28.3. The smallest absolute Gasteiger partial charge is 0.339 e. The highest BCUT2D eigenvalue weighted by Crippen LogP contribution is 2.37. The molecule has 3 aromatic carbocycles. The Kier molecular flexibility index (Phi) is 8.18. The second-order valence-electron chi connectivity index (χ2n) is 9.93. The number of aromatic nitrogens is 1. The fraction of sp³-hybridized carbons (Fsp3) is 0.233. The number of ether oxygens (including phenoxy) is 4. The maximum atomic E-state index is 15.1. The molecule has 10 heteroatoms. The van der Waals surface area contributed by atoms with E-state index in [4.69, 9.17) is 18.9 Å². The molecule has 0 saturated carbocycles. The van der Waals surface area contributed by atoms with E-state index in [-0.39, 0.29) is 17.0 Å². The first-order chi connectivity index (χ1) is 19.0. The van der Waals surface area contributed by atoms with E-state index in [9.17, 15) is 14.0 Å². The lowest BCUT2D eigenvalue weighted by atomic mass is 9.88. The van der Waals surface area contributed by atoms with Gasteiger partial charge in [-0.25, -0.2) is 13.6 Å². The van der Waals surface area contributed by atoms with Gasteiger partial charge >= 0.3 is 5.97 Å². The minimum Gasteiger partial charge on any atom is -0.493 e. The molecule has 1 heterocycles. The molecule has 1 atom stereocenters. The van der Waals surface area contributed by atoms with Crippen molar-refractivity contribution >= 4 is 28.5 Å². The number of pyridine rings is 1. The summed E-state index contributed by atoms with van der Waals surface area (Å²) in [5, 5.41) is 3.15. The number of carbonyl (C=O) groups excluding carboxylic acids is 2. The number of hydrogen-bond acceptors (Lipinski definition) is 7. The van der Waals surface area contributed by atoms with Crippen LogP contribution in [0, 0.1) is 17.0 Å². The number of nitrogens with zero attached hydrogens (tertiary/aromatic N) is 1. The number of methoxy groups -OCH3 is 2. The topological polar surface area (TPSA) is 96.0 Å². The van der Waals surface area contributed by atoms with Gasteiger partial charge in [-0.15, -0.1) is 0 Å². The van der Waals surface area contributed by atoms with Gasteiger partial charge in [0.2, 0.25) is 0 Å². The van der Waals surface area contributed by atoms with Crippen molar-refractivity contribution in [1.82, 2.24) is 4.98 Å². The molecule has 0 bridgehead atoms. The van der Waals surface area contributed by atoms with Crippen LogP contribution in [0.3, 0.4) is 0 Å². The van der Waals surface area contributed by atoms with Gasteiger partial charge in [0.05, 0.1) is 25.3 Å². The predicted molar refractivity (Wildman–Crippen MR) is 145 cm³/mol. The molecule has 1 aromatic heterocycles. The Morgan fingerprint density at radius 3 is 2.25 bits per heavy atom. The summed E-state index contributed by atoms with van der Waals surface area (Å²) in [4.78, 5) is 30.0. The Labute approximate surface area is 229 Å². The molecule has 4 rings (SSSR count). The van der Waals surface area contributed by atoms with Crippen LogP contribution in [0.4, 0.5) is 14.5 Å². The third-order valence-electron chi connectivity index (χ3n) is 5.94. The van der Waals surface area contributed by atoms with Crippen molar-refractivity contribution in [3.8, 4) is 23.0 Å². The molecule has 208 valence electrons. The zero-order valence-corrected chi connectivity index (χ0v) is 22.6. The Bertz CT molecular complexity index is 1570. The summed E-state index contributed by atoms with van der Waals surface area (Å²) in [5.41, 5.74) is -0.174. The Hall–Kier alpha value is -4.73. The number of rotatable bonds is 8. The molecular formula is C30H28F2N2O6. The molecule has 0 spiro atoms. The van der Waals surface area contributed by atoms with Crippen LogP contribution < -0.4 is 19.5 Å². The normalized spacial score (nSPS) is 12.0. The molecule has 1 amide bonds. The summed E-state index contributed by atoms with van der Waals surface area (Å²) in [6, 6.07) is 13.8. The molecule has 8 nitrogen and oxygen atoms in total.